The van der Waals surface area contributed by atoms with E-state index in [4.69, 9.17) is 0 Å². The van der Waals surface area contributed by atoms with Crippen LogP contribution in [0.2, 0.25) is 0 Å². The van der Waals surface area contributed by atoms with E-state index < -0.39 is 0 Å². The van der Waals surface area contributed by atoms with Crippen LogP contribution >= 0.6 is 0 Å². The largest absolute Gasteiger partial charge is 0.326 e. The number of hydrogen-bond acceptors (Lipinski definition) is 2. The Morgan fingerprint density at radius 3 is 2.44 bits per heavy atom. The van der Waals surface area contributed by atoms with Gasteiger partial charge in [0, 0.05) is 12.1 Å². The minimum absolute atomic E-state index is 0.0559. The minimum Gasteiger partial charge on any atom is -0.326 e. The van der Waals surface area contributed by atoms with Gasteiger partial charge in [-0.15, -0.1) is 0 Å². The van der Waals surface area contributed by atoms with Crippen LogP contribution in [0.1, 0.15) is 25.8 Å². The zero-order valence-corrected chi connectivity index (χ0v) is 10.0. The third kappa shape index (κ3) is 4.45. The van der Waals surface area contributed by atoms with Crippen LogP contribution < -0.4 is 10.6 Å². The second kappa shape index (κ2) is 7.01. The molecule has 0 fully saturated rings. The summed E-state index contributed by atoms with van der Waals surface area (Å²) >= 11 is 0. The van der Waals surface area contributed by atoms with Gasteiger partial charge in [0.15, 0.2) is 0 Å². The molecule has 0 aliphatic heterocycles. The van der Waals surface area contributed by atoms with Crippen LogP contribution in [0.4, 0.5) is 5.69 Å². The first-order valence-electron chi connectivity index (χ1n) is 5.85. The molecule has 0 bridgehead atoms. The molecular formula is C13H20N2O. The standard InChI is InChI=1S/C13H20N2O/c1-3-13(16)15-12-7-5-11(6-8-12)9-10-14-4-2/h5-8,14H,3-4,9-10H2,1-2H3,(H,15,16). The summed E-state index contributed by atoms with van der Waals surface area (Å²) < 4.78 is 0. The van der Waals surface area contributed by atoms with E-state index in [1.54, 1.807) is 0 Å². The van der Waals surface area contributed by atoms with E-state index in [1.807, 2.05) is 19.1 Å². The third-order valence-electron chi connectivity index (χ3n) is 2.40. The van der Waals surface area contributed by atoms with Crippen LogP contribution in [0.5, 0.6) is 0 Å². The first kappa shape index (κ1) is 12.7. The molecule has 0 saturated carbocycles. The number of hydrogen-bond donors (Lipinski definition) is 2. The van der Waals surface area contributed by atoms with Gasteiger partial charge in [0.2, 0.25) is 5.91 Å². The Morgan fingerprint density at radius 1 is 1.19 bits per heavy atom. The summed E-state index contributed by atoms with van der Waals surface area (Å²) in [4.78, 5) is 11.2. The van der Waals surface area contributed by atoms with E-state index in [9.17, 15) is 4.79 Å². The highest BCUT2D eigenvalue weighted by Gasteiger charge is 1.98. The van der Waals surface area contributed by atoms with Crippen LogP contribution in [0.25, 0.3) is 0 Å². The van der Waals surface area contributed by atoms with Gasteiger partial charge in [-0.25, -0.2) is 0 Å². The normalized spacial score (nSPS) is 10.1. The molecule has 0 spiro atoms. The molecular weight excluding hydrogens is 200 g/mol. The molecule has 1 amide bonds. The number of likely N-dealkylation sites (N-methyl/N-ethyl adjacent to an activating group) is 1. The zero-order valence-electron chi connectivity index (χ0n) is 10.0. The number of carbonyl (C=O) groups excluding carboxylic acids is 1. The molecule has 0 radical (unpaired) electrons. The lowest BCUT2D eigenvalue weighted by atomic mass is 10.1. The second-order valence-electron chi connectivity index (χ2n) is 3.70. The van der Waals surface area contributed by atoms with Crippen LogP contribution in [0.15, 0.2) is 24.3 Å². The van der Waals surface area contributed by atoms with Crippen LogP contribution in [-0.4, -0.2) is 19.0 Å². The van der Waals surface area contributed by atoms with Gasteiger partial charge < -0.3 is 10.6 Å². The zero-order chi connectivity index (χ0) is 11.8. The molecule has 0 heterocycles. The summed E-state index contributed by atoms with van der Waals surface area (Å²) in [6.45, 7) is 5.95. The lowest BCUT2D eigenvalue weighted by molar-refractivity contribution is -0.115. The molecule has 0 aliphatic carbocycles. The number of anilines is 1. The van der Waals surface area contributed by atoms with Crippen molar-refractivity contribution in [2.75, 3.05) is 18.4 Å². The smallest absolute Gasteiger partial charge is 0.224 e. The fourth-order valence-corrected chi connectivity index (χ4v) is 1.41. The van der Waals surface area contributed by atoms with Crippen LogP contribution in [-0.2, 0) is 11.2 Å². The van der Waals surface area contributed by atoms with Gasteiger partial charge in [0.25, 0.3) is 0 Å². The van der Waals surface area contributed by atoms with Crippen molar-refractivity contribution >= 4 is 11.6 Å². The van der Waals surface area contributed by atoms with Crippen LogP contribution in [0.3, 0.4) is 0 Å². The van der Waals surface area contributed by atoms with Crippen molar-refractivity contribution in [2.45, 2.75) is 26.7 Å². The van der Waals surface area contributed by atoms with Crippen molar-refractivity contribution in [3.05, 3.63) is 29.8 Å². The molecule has 1 aromatic rings. The highest BCUT2D eigenvalue weighted by Crippen LogP contribution is 2.10. The van der Waals surface area contributed by atoms with Crippen molar-refractivity contribution in [3.63, 3.8) is 0 Å². The Hall–Kier alpha value is -1.35. The maximum Gasteiger partial charge on any atom is 0.224 e. The molecule has 0 aliphatic rings. The quantitative estimate of drug-likeness (QED) is 0.721. The van der Waals surface area contributed by atoms with E-state index in [0.29, 0.717) is 6.42 Å². The highest BCUT2D eigenvalue weighted by atomic mass is 16.1. The molecule has 0 saturated heterocycles. The summed E-state index contributed by atoms with van der Waals surface area (Å²) in [5, 5.41) is 6.11. The Labute approximate surface area is 97.2 Å². The maximum absolute atomic E-state index is 11.2. The van der Waals surface area contributed by atoms with Crippen molar-refractivity contribution in [1.82, 2.24) is 5.32 Å². The van der Waals surface area contributed by atoms with Crippen molar-refractivity contribution < 1.29 is 4.79 Å². The van der Waals surface area contributed by atoms with Gasteiger partial charge in [0.1, 0.15) is 0 Å². The Bertz CT molecular complexity index is 319. The maximum atomic E-state index is 11.2. The summed E-state index contributed by atoms with van der Waals surface area (Å²) in [6.07, 6.45) is 1.54. The van der Waals surface area contributed by atoms with E-state index >= 15 is 0 Å². The summed E-state index contributed by atoms with van der Waals surface area (Å²) in [6, 6.07) is 8.02. The summed E-state index contributed by atoms with van der Waals surface area (Å²) in [5.41, 5.74) is 2.16. The average molecular weight is 220 g/mol. The second-order valence-corrected chi connectivity index (χ2v) is 3.70. The molecule has 1 aromatic carbocycles. The van der Waals surface area contributed by atoms with Gasteiger partial charge in [-0.3, -0.25) is 4.79 Å². The van der Waals surface area contributed by atoms with Crippen molar-refractivity contribution in [1.29, 1.82) is 0 Å². The molecule has 3 heteroatoms. The Kier molecular flexibility index (Phi) is 5.57. The monoisotopic (exact) mass is 220 g/mol. The number of benzene rings is 1. The summed E-state index contributed by atoms with van der Waals surface area (Å²) in [7, 11) is 0. The number of rotatable bonds is 6. The number of nitrogens with one attached hydrogen (secondary N) is 2. The number of amides is 1. The van der Waals surface area contributed by atoms with Crippen molar-refractivity contribution in [2.24, 2.45) is 0 Å². The summed E-state index contributed by atoms with van der Waals surface area (Å²) in [5.74, 6) is 0.0559. The lowest BCUT2D eigenvalue weighted by Crippen LogP contribution is -2.16. The molecule has 2 N–H and O–H groups in total. The Morgan fingerprint density at radius 2 is 1.88 bits per heavy atom. The molecule has 16 heavy (non-hydrogen) atoms. The van der Waals surface area contributed by atoms with E-state index in [1.165, 1.54) is 5.56 Å². The van der Waals surface area contributed by atoms with Gasteiger partial charge in [-0.1, -0.05) is 26.0 Å². The predicted molar refractivity (Wildman–Crippen MR) is 67.6 cm³/mol. The minimum atomic E-state index is 0.0559. The van der Waals surface area contributed by atoms with Gasteiger partial charge in [-0.05, 0) is 37.2 Å². The molecule has 1 rings (SSSR count). The van der Waals surface area contributed by atoms with Gasteiger partial charge >= 0.3 is 0 Å². The first-order chi connectivity index (χ1) is 7.76. The topological polar surface area (TPSA) is 41.1 Å². The van der Waals surface area contributed by atoms with Crippen LogP contribution in [0, 0.1) is 0 Å². The molecule has 0 atom stereocenters. The van der Waals surface area contributed by atoms with Gasteiger partial charge in [0.05, 0.1) is 0 Å². The molecule has 0 aromatic heterocycles. The fraction of sp³-hybridized carbons (Fsp3) is 0.462. The number of carbonyl (C=O) groups is 1. The average Bonchev–Trinajstić information content (AvgIpc) is 2.31. The molecule has 88 valence electrons. The highest BCUT2D eigenvalue weighted by molar-refractivity contribution is 5.90. The fourth-order valence-electron chi connectivity index (χ4n) is 1.41. The van der Waals surface area contributed by atoms with Crippen molar-refractivity contribution in [3.8, 4) is 0 Å². The predicted octanol–water partition coefficient (Wildman–Crippen LogP) is 2.19. The lowest BCUT2D eigenvalue weighted by Gasteiger charge is -2.05. The molecule has 0 unspecified atom stereocenters. The molecule has 3 nitrogen and oxygen atoms in total. The van der Waals surface area contributed by atoms with E-state index in [-0.39, 0.29) is 5.91 Å². The third-order valence-corrected chi connectivity index (χ3v) is 2.40. The first-order valence-corrected chi connectivity index (χ1v) is 5.85. The van der Waals surface area contributed by atoms with E-state index in [2.05, 4.69) is 29.7 Å². The Balaban J connectivity index is 2.44. The van der Waals surface area contributed by atoms with Gasteiger partial charge in [-0.2, -0.15) is 0 Å². The van der Waals surface area contributed by atoms with E-state index in [0.717, 1.165) is 25.2 Å². The SMILES string of the molecule is CCNCCc1ccc(NC(=O)CC)cc1.